The number of benzene rings is 3. The van der Waals surface area contributed by atoms with Gasteiger partial charge in [0.05, 0.1) is 23.8 Å². The largest absolute Gasteiger partial charge is 0.378 e. The Morgan fingerprint density at radius 2 is 1.58 bits per heavy atom. The molecule has 0 atom stereocenters. The number of ether oxygens (including phenoxy) is 1. The first kappa shape index (κ1) is 22.8. The quantitative estimate of drug-likeness (QED) is 0.573. The summed E-state index contributed by atoms with van der Waals surface area (Å²) in [5.74, 6) is -1.04. The van der Waals surface area contributed by atoms with Crippen molar-refractivity contribution in [3.8, 4) is 0 Å². The van der Waals surface area contributed by atoms with Gasteiger partial charge in [-0.3, -0.25) is 9.10 Å². The van der Waals surface area contributed by atoms with Crippen LogP contribution in [0.2, 0.25) is 0 Å². The number of carbonyl (C=O) groups excluding carboxylic acids is 1. The second-order valence-corrected chi connectivity index (χ2v) is 9.36. The van der Waals surface area contributed by atoms with Crippen LogP contribution in [0, 0.1) is 5.82 Å². The van der Waals surface area contributed by atoms with Gasteiger partial charge in [0.15, 0.2) is 0 Å². The van der Waals surface area contributed by atoms with E-state index in [1.165, 1.54) is 12.1 Å². The Morgan fingerprint density at radius 1 is 0.939 bits per heavy atom. The van der Waals surface area contributed by atoms with Crippen molar-refractivity contribution in [3.63, 3.8) is 0 Å². The third-order valence-corrected chi connectivity index (χ3v) is 7.05. The van der Waals surface area contributed by atoms with Crippen LogP contribution in [0.25, 0.3) is 0 Å². The monoisotopic (exact) mass is 469 g/mol. The predicted molar refractivity (Wildman–Crippen MR) is 125 cm³/mol. The van der Waals surface area contributed by atoms with Gasteiger partial charge in [0, 0.05) is 24.5 Å². The molecule has 1 fully saturated rings. The van der Waals surface area contributed by atoms with Crippen LogP contribution in [0.1, 0.15) is 0 Å². The van der Waals surface area contributed by atoms with Crippen LogP contribution in [0.4, 0.5) is 21.5 Å². The average molecular weight is 470 g/mol. The lowest BCUT2D eigenvalue weighted by atomic mass is 10.2. The van der Waals surface area contributed by atoms with E-state index in [0.717, 1.165) is 35.2 Å². The summed E-state index contributed by atoms with van der Waals surface area (Å²) in [5.41, 5.74) is 1.92. The van der Waals surface area contributed by atoms with E-state index < -0.39 is 28.3 Å². The molecule has 0 unspecified atom stereocenters. The molecule has 1 N–H and O–H groups in total. The van der Waals surface area contributed by atoms with Gasteiger partial charge in [-0.05, 0) is 60.7 Å². The summed E-state index contributed by atoms with van der Waals surface area (Å²) in [5, 5.41) is 2.76. The molecule has 33 heavy (non-hydrogen) atoms. The van der Waals surface area contributed by atoms with Crippen LogP contribution in [-0.4, -0.2) is 47.2 Å². The maximum atomic E-state index is 13.3. The van der Waals surface area contributed by atoms with E-state index in [1.54, 1.807) is 42.5 Å². The highest BCUT2D eigenvalue weighted by Gasteiger charge is 2.27. The van der Waals surface area contributed by atoms with Crippen molar-refractivity contribution in [3.05, 3.63) is 84.7 Å². The lowest BCUT2D eigenvalue weighted by Crippen LogP contribution is -2.38. The smallest absolute Gasteiger partial charge is 0.264 e. The number of hydrogen-bond acceptors (Lipinski definition) is 5. The number of morpholine rings is 1. The number of halogens is 1. The number of sulfonamides is 1. The molecule has 4 rings (SSSR count). The first-order chi connectivity index (χ1) is 15.9. The van der Waals surface area contributed by atoms with Crippen LogP contribution in [0.5, 0.6) is 0 Å². The molecule has 1 aliphatic heterocycles. The zero-order chi connectivity index (χ0) is 23.3. The standard InChI is InChI=1S/C24H24FN3O4S/c25-19-6-12-23(13-7-19)33(30,31)28(22-4-2-1-3-5-22)18-24(29)26-20-8-10-21(11-9-20)27-14-16-32-17-15-27/h1-13H,14-18H2,(H,26,29). The molecule has 1 amide bonds. The first-order valence-electron chi connectivity index (χ1n) is 10.5. The highest BCUT2D eigenvalue weighted by Crippen LogP contribution is 2.24. The molecule has 0 aliphatic carbocycles. The van der Waals surface area contributed by atoms with Crippen molar-refractivity contribution in [2.45, 2.75) is 4.90 Å². The molecular weight excluding hydrogens is 445 g/mol. The number of carbonyl (C=O) groups is 1. The van der Waals surface area contributed by atoms with Crippen molar-refractivity contribution in [2.24, 2.45) is 0 Å². The number of amides is 1. The van der Waals surface area contributed by atoms with E-state index in [-0.39, 0.29) is 4.90 Å². The predicted octanol–water partition coefficient (Wildman–Crippen LogP) is 3.50. The number of nitrogens with one attached hydrogen (secondary N) is 1. The lowest BCUT2D eigenvalue weighted by molar-refractivity contribution is -0.114. The van der Waals surface area contributed by atoms with Gasteiger partial charge in [0.25, 0.3) is 10.0 Å². The van der Waals surface area contributed by atoms with Gasteiger partial charge in [0.2, 0.25) is 5.91 Å². The minimum absolute atomic E-state index is 0.101. The minimum atomic E-state index is -4.09. The van der Waals surface area contributed by atoms with Crippen LogP contribution in [-0.2, 0) is 19.6 Å². The van der Waals surface area contributed by atoms with E-state index in [2.05, 4.69) is 10.2 Å². The summed E-state index contributed by atoms with van der Waals surface area (Å²) in [4.78, 5) is 14.9. The maximum absolute atomic E-state index is 13.3. The molecular formula is C24H24FN3O4S. The normalized spacial score (nSPS) is 14.0. The molecule has 7 nitrogen and oxygen atoms in total. The molecule has 1 heterocycles. The Kier molecular flexibility index (Phi) is 6.90. The zero-order valence-corrected chi connectivity index (χ0v) is 18.7. The van der Waals surface area contributed by atoms with Gasteiger partial charge in [-0.1, -0.05) is 18.2 Å². The van der Waals surface area contributed by atoms with E-state index in [9.17, 15) is 17.6 Å². The summed E-state index contributed by atoms with van der Waals surface area (Å²) in [6, 6.07) is 20.2. The molecule has 0 radical (unpaired) electrons. The van der Waals surface area contributed by atoms with Gasteiger partial charge in [-0.15, -0.1) is 0 Å². The van der Waals surface area contributed by atoms with Crippen molar-refractivity contribution >= 4 is 33.0 Å². The van der Waals surface area contributed by atoms with Gasteiger partial charge in [-0.2, -0.15) is 0 Å². The maximum Gasteiger partial charge on any atom is 0.264 e. The van der Waals surface area contributed by atoms with E-state index in [4.69, 9.17) is 4.74 Å². The lowest BCUT2D eigenvalue weighted by Gasteiger charge is -2.29. The zero-order valence-electron chi connectivity index (χ0n) is 17.9. The summed E-state index contributed by atoms with van der Waals surface area (Å²) >= 11 is 0. The molecule has 0 aromatic heterocycles. The van der Waals surface area contributed by atoms with Gasteiger partial charge >= 0.3 is 0 Å². The summed E-state index contributed by atoms with van der Waals surface area (Å²) in [6.45, 7) is 2.53. The molecule has 0 saturated carbocycles. The van der Waals surface area contributed by atoms with E-state index in [1.807, 2.05) is 12.1 Å². The van der Waals surface area contributed by atoms with Crippen LogP contribution >= 0.6 is 0 Å². The number of para-hydroxylation sites is 1. The highest BCUT2D eigenvalue weighted by atomic mass is 32.2. The molecule has 0 spiro atoms. The van der Waals surface area contributed by atoms with E-state index in [0.29, 0.717) is 24.6 Å². The topological polar surface area (TPSA) is 79.0 Å². The third-order valence-electron chi connectivity index (χ3n) is 5.26. The van der Waals surface area contributed by atoms with Crippen molar-refractivity contribution < 1.29 is 22.3 Å². The Hall–Kier alpha value is -3.43. The van der Waals surface area contributed by atoms with Gasteiger partial charge < -0.3 is 15.0 Å². The molecule has 3 aromatic carbocycles. The number of rotatable bonds is 7. The Balaban J connectivity index is 1.51. The summed E-state index contributed by atoms with van der Waals surface area (Å²) in [7, 11) is -4.09. The summed E-state index contributed by atoms with van der Waals surface area (Å²) in [6.07, 6.45) is 0. The third kappa shape index (κ3) is 5.50. The molecule has 1 aliphatic rings. The van der Waals surface area contributed by atoms with Crippen molar-refractivity contribution in [1.29, 1.82) is 0 Å². The average Bonchev–Trinajstić information content (AvgIpc) is 2.84. The second kappa shape index (κ2) is 10.0. The summed E-state index contributed by atoms with van der Waals surface area (Å²) < 4.78 is 46.2. The highest BCUT2D eigenvalue weighted by molar-refractivity contribution is 7.92. The Morgan fingerprint density at radius 3 is 2.21 bits per heavy atom. The van der Waals surface area contributed by atoms with Crippen LogP contribution in [0.15, 0.2) is 83.8 Å². The Bertz CT molecular complexity index is 1180. The van der Waals surface area contributed by atoms with Gasteiger partial charge in [0.1, 0.15) is 12.4 Å². The minimum Gasteiger partial charge on any atom is -0.378 e. The number of hydrogen-bond donors (Lipinski definition) is 1. The fourth-order valence-electron chi connectivity index (χ4n) is 3.55. The van der Waals surface area contributed by atoms with Crippen molar-refractivity contribution in [2.75, 3.05) is 47.4 Å². The van der Waals surface area contributed by atoms with Crippen LogP contribution < -0.4 is 14.5 Å². The molecule has 172 valence electrons. The fourth-order valence-corrected chi connectivity index (χ4v) is 4.97. The van der Waals surface area contributed by atoms with Crippen LogP contribution in [0.3, 0.4) is 0 Å². The molecule has 0 bridgehead atoms. The molecule has 3 aromatic rings. The van der Waals surface area contributed by atoms with Gasteiger partial charge in [-0.25, -0.2) is 12.8 Å². The Labute approximate surface area is 192 Å². The molecule has 1 saturated heterocycles. The fraction of sp³-hybridized carbons (Fsp3) is 0.208. The first-order valence-corrected chi connectivity index (χ1v) is 11.9. The second-order valence-electron chi connectivity index (χ2n) is 7.50. The van der Waals surface area contributed by atoms with E-state index >= 15 is 0 Å². The SMILES string of the molecule is O=C(CN(c1ccccc1)S(=O)(=O)c1ccc(F)cc1)Nc1ccc(N2CCOCC2)cc1. The number of nitrogens with zero attached hydrogens (tertiary/aromatic N) is 2. The molecule has 9 heteroatoms. The van der Waals surface area contributed by atoms with Crippen molar-refractivity contribution in [1.82, 2.24) is 0 Å². The number of anilines is 3.